The summed E-state index contributed by atoms with van der Waals surface area (Å²) in [5, 5.41) is 17.3. The van der Waals surface area contributed by atoms with Gasteiger partial charge >= 0.3 is 0 Å². The molecule has 0 bridgehead atoms. The number of pyridine rings is 1. The van der Waals surface area contributed by atoms with Crippen molar-refractivity contribution in [2.45, 2.75) is 74.1 Å². The molecule has 0 atom stereocenters. The smallest absolute Gasteiger partial charge is 0.162 e. The number of nitrogens with zero attached hydrogens (tertiary/aromatic N) is 1. The van der Waals surface area contributed by atoms with E-state index in [4.69, 9.17) is 4.98 Å². The molecule has 0 saturated heterocycles. The third-order valence-corrected chi connectivity index (χ3v) is 9.59. The van der Waals surface area contributed by atoms with Crippen LogP contribution in [0.15, 0.2) is 103 Å². The molecule has 6 rings (SSSR count). The van der Waals surface area contributed by atoms with E-state index in [2.05, 4.69) is 112 Å². The molecule has 0 aliphatic heterocycles. The molecule has 0 aliphatic rings. The van der Waals surface area contributed by atoms with Gasteiger partial charge in [0.1, 0.15) is 0 Å². The van der Waals surface area contributed by atoms with Crippen molar-refractivity contribution >= 4 is 38.1 Å². The van der Waals surface area contributed by atoms with Crippen LogP contribution in [0.2, 0.25) is 0 Å². The van der Waals surface area contributed by atoms with E-state index in [1.807, 2.05) is 33.9 Å². The van der Waals surface area contributed by atoms with Crippen LogP contribution < -0.4 is 0 Å². The number of aromatic nitrogens is 1. The zero-order valence-corrected chi connectivity index (χ0v) is 32.3. The predicted octanol–water partition coefficient (Wildman–Crippen LogP) is 12.5. The van der Waals surface area contributed by atoms with Crippen molar-refractivity contribution in [2.75, 3.05) is 0 Å². The van der Waals surface area contributed by atoms with Gasteiger partial charge < -0.3 is 10.1 Å². The van der Waals surface area contributed by atoms with Crippen molar-refractivity contribution in [3.05, 3.63) is 126 Å². The summed E-state index contributed by atoms with van der Waals surface area (Å²) >= 11 is 0. The average molecular weight is 827 g/mol. The van der Waals surface area contributed by atoms with Crippen molar-refractivity contribution in [3.8, 4) is 22.4 Å². The minimum absolute atomic E-state index is 0. The molecule has 1 heterocycles. The molecule has 1 aromatic heterocycles. The van der Waals surface area contributed by atoms with E-state index in [-0.39, 0.29) is 43.5 Å². The number of rotatable bonds is 9. The quantitative estimate of drug-likeness (QED) is 0.0684. The van der Waals surface area contributed by atoms with Gasteiger partial charge in [-0.1, -0.05) is 108 Å². The maximum Gasteiger partial charge on any atom is 0.162 e. The van der Waals surface area contributed by atoms with Crippen molar-refractivity contribution < 1.29 is 30.0 Å². The summed E-state index contributed by atoms with van der Waals surface area (Å²) in [5.41, 5.74) is 8.15. The molecular formula is C45H48IrNO2-. The number of hydrogen-bond donors (Lipinski definition) is 1. The molecule has 0 unspecified atom stereocenters. The van der Waals surface area contributed by atoms with Gasteiger partial charge in [0, 0.05) is 44.2 Å². The molecule has 0 spiro atoms. The average Bonchev–Trinajstić information content (AvgIpc) is 3.09. The van der Waals surface area contributed by atoms with Crippen molar-refractivity contribution in [3.63, 3.8) is 0 Å². The van der Waals surface area contributed by atoms with Crippen LogP contribution in [0.5, 0.6) is 0 Å². The minimum Gasteiger partial charge on any atom is -0.512 e. The van der Waals surface area contributed by atoms with E-state index in [9.17, 15) is 9.90 Å². The monoisotopic (exact) mass is 827 g/mol. The third kappa shape index (κ3) is 8.38. The molecule has 0 amide bonds. The number of carbonyl (C=O) groups excluding carboxylic acids is 1. The van der Waals surface area contributed by atoms with Gasteiger partial charge in [0.15, 0.2) is 5.78 Å². The summed E-state index contributed by atoms with van der Waals surface area (Å²) in [6.45, 7) is 14.5. The second kappa shape index (κ2) is 17.0. The topological polar surface area (TPSA) is 50.2 Å². The number of aryl methyl sites for hydroxylation is 3. The Morgan fingerprint density at radius 2 is 1.33 bits per heavy atom. The molecular weight excluding hydrogens is 779 g/mol. The van der Waals surface area contributed by atoms with Crippen molar-refractivity contribution in [1.29, 1.82) is 0 Å². The Bertz CT molecular complexity index is 2070. The molecule has 0 fully saturated rings. The molecule has 1 radical (unpaired) electrons. The largest absolute Gasteiger partial charge is 0.512 e. The molecule has 0 aliphatic carbocycles. The van der Waals surface area contributed by atoms with Crippen LogP contribution in [0.25, 0.3) is 54.7 Å². The van der Waals surface area contributed by atoms with E-state index in [1.165, 1.54) is 60.6 Å². The molecule has 255 valence electrons. The number of fused-ring (bicyclic) bond motifs is 6. The number of ketones is 1. The first-order valence-electron chi connectivity index (χ1n) is 17.4. The standard InChI is InChI=1S/C32H24N.C13H24O2.Ir/c1-20-9-11-26-28-13-14-33-32(25-16-21(2)15-22(3)17-25)31(28)27-12-10-24(19-30(27)29(26)18-20)23-7-5-4-6-8-23;1-5-10(6-2)12(14)9-13(15)11(7-3)8-4;/h4-16,18-19H,1-3H3;9-11,14H,5-8H2,1-4H3;/q-1;;/b;12-9-;. The molecule has 6 aromatic rings. The summed E-state index contributed by atoms with van der Waals surface area (Å²) in [4.78, 5) is 16.6. The number of allylic oxidation sites excluding steroid dienone is 2. The van der Waals surface area contributed by atoms with Gasteiger partial charge in [-0.15, -0.1) is 34.9 Å². The Morgan fingerprint density at radius 1 is 0.694 bits per heavy atom. The third-order valence-electron chi connectivity index (χ3n) is 9.59. The number of aliphatic hydroxyl groups excluding tert-OH is 1. The van der Waals surface area contributed by atoms with Gasteiger partial charge in [0.2, 0.25) is 0 Å². The van der Waals surface area contributed by atoms with Crippen LogP contribution in [0, 0.1) is 38.7 Å². The number of benzene rings is 5. The number of aliphatic hydroxyl groups is 1. The van der Waals surface area contributed by atoms with E-state index >= 15 is 0 Å². The summed E-state index contributed by atoms with van der Waals surface area (Å²) in [6, 6.07) is 34.3. The zero-order valence-electron chi connectivity index (χ0n) is 29.9. The van der Waals surface area contributed by atoms with Crippen LogP contribution in [0.1, 0.15) is 70.1 Å². The fourth-order valence-corrected chi connectivity index (χ4v) is 6.88. The SMILES string of the molecule is CCC(CC)C(=O)/C=C(\O)C(CC)CC.Cc1[c-]c(-c2nccc3c4ccc(C)cc4c4cc(-c5ccccc5)ccc4c23)cc(C)c1.[Ir]. The van der Waals surface area contributed by atoms with Gasteiger partial charge in [0.05, 0.1) is 5.76 Å². The predicted molar refractivity (Wildman–Crippen MR) is 205 cm³/mol. The fraction of sp³-hybridized carbons (Fsp3) is 0.289. The van der Waals surface area contributed by atoms with E-state index in [1.54, 1.807) is 0 Å². The Labute approximate surface area is 305 Å². The van der Waals surface area contributed by atoms with Crippen molar-refractivity contribution in [2.24, 2.45) is 11.8 Å². The van der Waals surface area contributed by atoms with Gasteiger partial charge in [-0.25, -0.2) is 0 Å². The summed E-state index contributed by atoms with van der Waals surface area (Å²) in [5.74, 6) is 0.547. The fourth-order valence-electron chi connectivity index (χ4n) is 6.88. The molecule has 1 N–H and O–H groups in total. The normalized spacial score (nSPS) is 11.6. The Kier molecular flexibility index (Phi) is 13.1. The maximum absolute atomic E-state index is 11.7. The maximum atomic E-state index is 11.7. The van der Waals surface area contributed by atoms with E-state index < -0.39 is 0 Å². The van der Waals surface area contributed by atoms with Gasteiger partial charge in [-0.2, -0.15) is 0 Å². The van der Waals surface area contributed by atoms with Gasteiger partial charge in [0.25, 0.3) is 0 Å². The second-order valence-electron chi connectivity index (χ2n) is 13.0. The first-order chi connectivity index (χ1) is 23.2. The molecule has 5 aromatic carbocycles. The van der Waals surface area contributed by atoms with E-state index in [0.29, 0.717) is 0 Å². The Balaban J connectivity index is 0.000000290. The zero-order chi connectivity index (χ0) is 34.4. The van der Waals surface area contributed by atoms with Crippen LogP contribution in [-0.4, -0.2) is 15.9 Å². The summed E-state index contributed by atoms with van der Waals surface area (Å²) < 4.78 is 0. The van der Waals surface area contributed by atoms with E-state index in [0.717, 1.165) is 42.5 Å². The summed E-state index contributed by atoms with van der Waals surface area (Å²) in [7, 11) is 0. The van der Waals surface area contributed by atoms with Gasteiger partial charge in [-0.05, 0) is 93.9 Å². The van der Waals surface area contributed by atoms with Crippen LogP contribution in [0.3, 0.4) is 0 Å². The van der Waals surface area contributed by atoms with Crippen LogP contribution in [0.4, 0.5) is 0 Å². The number of carbonyl (C=O) groups is 1. The Morgan fingerprint density at radius 3 is 1.98 bits per heavy atom. The summed E-state index contributed by atoms with van der Waals surface area (Å²) in [6.07, 6.45) is 6.84. The molecule has 4 heteroatoms. The molecule has 49 heavy (non-hydrogen) atoms. The van der Waals surface area contributed by atoms with Crippen LogP contribution in [-0.2, 0) is 24.9 Å². The second-order valence-corrected chi connectivity index (χ2v) is 13.0. The molecule has 3 nitrogen and oxygen atoms in total. The first-order valence-corrected chi connectivity index (χ1v) is 17.4. The Hall–Kier alpha value is -4.11. The van der Waals surface area contributed by atoms with Crippen molar-refractivity contribution in [1.82, 2.24) is 4.98 Å². The first kappa shape index (κ1) is 37.7. The minimum atomic E-state index is 0. The van der Waals surface area contributed by atoms with Gasteiger partial charge in [-0.3, -0.25) is 4.79 Å². The molecule has 0 saturated carbocycles. The van der Waals surface area contributed by atoms with Crippen LogP contribution >= 0.6 is 0 Å². The number of hydrogen-bond acceptors (Lipinski definition) is 3.